The third-order valence-electron chi connectivity index (χ3n) is 2.03. The number of hydrogen-bond acceptors (Lipinski definition) is 3. The van der Waals surface area contributed by atoms with E-state index in [4.69, 9.17) is 5.26 Å². The fourth-order valence-electron chi connectivity index (χ4n) is 1.22. The minimum Gasteiger partial charge on any atom is -0.284 e. The van der Waals surface area contributed by atoms with Crippen LogP contribution < -0.4 is 4.72 Å². The van der Waals surface area contributed by atoms with Gasteiger partial charge in [0.05, 0.1) is 17.4 Å². The Bertz CT molecular complexity index is 489. The number of rotatable bonds is 5. The molecule has 0 aliphatic carbocycles. The molecule has 0 aromatic heterocycles. The van der Waals surface area contributed by atoms with Crippen molar-refractivity contribution in [3.8, 4) is 6.07 Å². The third-order valence-corrected chi connectivity index (χ3v) is 3.40. The second-order valence-corrected chi connectivity index (χ2v) is 5.31. The van der Waals surface area contributed by atoms with Crippen LogP contribution in [0.15, 0.2) is 24.3 Å². The minimum atomic E-state index is -3.28. The SMILES string of the molecule is CCCCS(=O)(=O)Nc1cccc(C#N)c1. The number of nitriles is 1. The number of benzene rings is 1. The molecule has 0 spiro atoms. The van der Waals surface area contributed by atoms with Crippen LogP contribution in [0.1, 0.15) is 25.3 Å². The highest BCUT2D eigenvalue weighted by atomic mass is 32.2. The monoisotopic (exact) mass is 238 g/mol. The Hall–Kier alpha value is -1.54. The maximum Gasteiger partial charge on any atom is 0.232 e. The van der Waals surface area contributed by atoms with E-state index < -0.39 is 10.0 Å². The van der Waals surface area contributed by atoms with Gasteiger partial charge in [-0.15, -0.1) is 0 Å². The first-order valence-corrected chi connectivity index (χ1v) is 6.73. The number of nitrogens with zero attached hydrogens (tertiary/aromatic N) is 1. The van der Waals surface area contributed by atoms with Gasteiger partial charge in [-0.2, -0.15) is 5.26 Å². The molecule has 0 saturated heterocycles. The number of nitrogens with one attached hydrogen (secondary N) is 1. The summed E-state index contributed by atoms with van der Waals surface area (Å²) in [6.45, 7) is 1.94. The van der Waals surface area contributed by atoms with Crippen molar-refractivity contribution in [1.29, 1.82) is 5.26 Å². The maximum absolute atomic E-state index is 11.6. The summed E-state index contributed by atoms with van der Waals surface area (Å²) in [5.74, 6) is 0.111. The zero-order valence-electron chi connectivity index (χ0n) is 9.10. The lowest BCUT2D eigenvalue weighted by Gasteiger charge is -2.07. The van der Waals surface area contributed by atoms with Gasteiger partial charge in [0.25, 0.3) is 0 Å². The summed E-state index contributed by atoms with van der Waals surface area (Å²) < 4.78 is 25.6. The van der Waals surface area contributed by atoms with Gasteiger partial charge in [0.1, 0.15) is 0 Å². The number of sulfonamides is 1. The predicted octanol–water partition coefficient (Wildman–Crippen LogP) is 2.10. The Morgan fingerprint density at radius 2 is 2.19 bits per heavy atom. The van der Waals surface area contributed by atoms with Crippen molar-refractivity contribution in [1.82, 2.24) is 0 Å². The zero-order chi connectivity index (χ0) is 12.0. The van der Waals surface area contributed by atoms with Gasteiger partial charge in [-0.3, -0.25) is 4.72 Å². The van der Waals surface area contributed by atoms with E-state index in [1.54, 1.807) is 18.2 Å². The summed E-state index contributed by atoms with van der Waals surface area (Å²) in [4.78, 5) is 0. The maximum atomic E-state index is 11.6. The first-order chi connectivity index (χ1) is 7.57. The van der Waals surface area contributed by atoms with Gasteiger partial charge in [0.15, 0.2) is 0 Å². The van der Waals surface area contributed by atoms with Gasteiger partial charge < -0.3 is 0 Å². The Labute approximate surface area is 96.0 Å². The van der Waals surface area contributed by atoms with Crippen LogP contribution in [0.2, 0.25) is 0 Å². The highest BCUT2D eigenvalue weighted by Crippen LogP contribution is 2.12. The highest BCUT2D eigenvalue weighted by Gasteiger charge is 2.09. The van der Waals surface area contributed by atoms with Gasteiger partial charge >= 0.3 is 0 Å². The van der Waals surface area contributed by atoms with Crippen molar-refractivity contribution in [2.75, 3.05) is 10.5 Å². The van der Waals surface area contributed by atoms with Crippen LogP contribution in [-0.4, -0.2) is 14.2 Å². The summed E-state index contributed by atoms with van der Waals surface area (Å²) >= 11 is 0. The van der Waals surface area contributed by atoms with Crippen molar-refractivity contribution in [3.63, 3.8) is 0 Å². The molecule has 1 aromatic rings. The lowest BCUT2D eigenvalue weighted by atomic mass is 10.2. The predicted molar refractivity (Wildman–Crippen MR) is 63.5 cm³/mol. The first-order valence-electron chi connectivity index (χ1n) is 5.08. The van der Waals surface area contributed by atoms with E-state index in [1.807, 2.05) is 13.0 Å². The second-order valence-electron chi connectivity index (χ2n) is 3.47. The third kappa shape index (κ3) is 3.91. The van der Waals surface area contributed by atoms with Crippen molar-refractivity contribution in [2.45, 2.75) is 19.8 Å². The molecule has 0 amide bonds. The minimum absolute atomic E-state index is 0.111. The molecule has 5 heteroatoms. The van der Waals surface area contributed by atoms with Gasteiger partial charge in [0.2, 0.25) is 10.0 Å². The van der Waals surface area contributed by atoms with E-state index >= 15 is 0 Å². The molecule has 1 N–H and O–H groups in total. The van der Waals surface area contributed by atoms with Crippen molar-refractivity contribution in [2.24, 2.45) is 0 Å². The number of anilines is 1. The average Bonchev–Trinajstić information content (AvgIpc) is 2.26. The summed E-state index contributed by atoms with van der Waals surface area (Å²) in [6, 6.07) is 8.39. The Kier molecular flexibility index (Phi) is 4.32. The Balaban J connectivity index is 2.77. The summed E-state index contributed by atoms with van der Waals surface area (Å²) in [6.07, 6.45) is 1.46. The summed E-state index contributed by atoms with van der Waals surface area (Å²) in [5.41, 5.74) is 0.880. The van der Waals surface area contributed by atoms with Crippen LogP contribution in [-0.2, 0) is 10.0 Å². The van der Waals surface area contributed by atoms with Crippen LogP contribution in [0.5, 0.6) is 0 Å². The van der Waals surface area contributed by atoms with Crippen molar-refractivity contribution < 1.29 is 8.42 Å². The van der Waals surface area contributed by atoms with Gasteiger partial charge in [0, 0.05) is 5.69 Å². The quantitative estimate of drug-likeness (QED) is 0.854. The van der Waals surface area contributed by atoms with Crippen molar-refractivity contribution in [3.05, 3.63) is 29.8 Å². The molecule has 86 valence electrons. The molecule has 0 aliphatic heterocycles. The standard InChI is InChI=1S/C11H14N2O2S/c1-2-3-7-16(14,15)13-11-6-4-5-10(8-11)9-12/h4-6,8,13H,2-3,7H2,1H3. The van der Waals surface area contributed by atoms with Crippen LogP contribution in [0.3, 0.4) is 0 Å². The molecule has 0 aliphatic rings. The lowest BCUT2D eigenvalue weighted by molar-refractivity contribution is 0.598. The van der Waals surface area contributed by atoms with Crippen LogP contribution in [0.4, 0.5) is 5.69 Å². The topological polar surface area (TPSA) is 70.0 Å². The summed E-state index contributed by atoms with van der Waals surface area (Å²) in [5, 5.41) is 8.67. The molecule has 0 unspecified atom stereocenters. The fourth-order valence-corrected chi connectivity index (χ4v) is 2.47. The average molecular weight is 238 g/mol. The second kappa shape index (κ2) is 5.52. The molecule has 0 saturated carbocycles. The van der Waals surface area contributed by atoms with E-state index in [9.17, 15) is 8.42 Å². The van der Waals surface area contributed by atoms with E-state index in [0.717, 1.165) is 6.42 Å². The molecular formula is C11H14N2O2S. The van der Waals surface area contributed by atoms with Gasteiger partial charge in [-0.25, -0.2) is 8.42 Å². The molecule has 4 nitrogen and oxygen atoms in total. The molecular weight excluding hydrogens is 224 g/mol. The van der Waals surface area contributed by atoms with E-state index in [2.05, 4.69) is 4.72 Å². The first kappa shape index (κ1) is 12.5. The molecule has 0 bridgehead atoms. The lowest BCUT2D eigenvalue weighted by Crippen LogP contribution is -2.16. The van der Waals surface area contributed by atoms with E-state index in [0.29, 0.717) is 17.7 Å². The molecule has 16 heavy (non-hydrogen) atoms. The zero-order valence-corrected chi connectivity index (χ0v) is 9.92. The Morgan fingerprint density at radius 3 is 2.81 bits per heavy atom. The van der Waals surface area contributed by atoms with Crippen LogP contribution in [0, 0.1) is 11.3 Å². The largest absolute Gasteiger partial charge is 0.284 e. The van der Waals surface area contributed by atoms with Gasteiger partial charge in [-0.1, -0.05) is 19.4 Å². The molecule has 0 atom stereocenters. The van der Waals surface area contributed by atoms with E-state index in [-0.39, 0.29) is 5.75 Å². The van der Waals surface area contributed by atoms with Crippen molar-refractivity contribution >= 4 is 15.7 Å². The number of unbranched alkanes of at least 4 members (excludes halogenated alkanes) is 1. The fraction of sp³-hybridized carbons (Fsp3) is 0.364. The Morgan fingerprint density at radius 1 is 1.44 bits per heavy atom. The molecule has 1 rings (SSSR count). The van der Waals surface area contributed by atoms with E-state index in [1.165, 1.54) is 6.07 Å². The van der Waals surface area contributed by atoms with Gasteiger partial charge in [-0.05, 0) is 24.6 Å². The number of hydrogen-bond donors (Lipinski definition) is 1. The smallest absolute Gasteiger partial charge is 0.232 e. The molecule has 0 fully saturated rings. The molecule has 1 aromatic carbocycles. The van der Waals surface area contributed by atoms with Crippen LogP contribution >= 0.6 is 0 Å². The highest BCUT2D eigenvalue weighted by molar-refractivity contribution is 7.92. The normalized spacial score (nSPS) is 10.8. The summed E-state index contributed by atoms with van der Waals surface area (Å²) in [7, 11) is -3.28. The molecule has 0 heterocycles. The molecule has 0 radical (unpaired) electrons. The van der Waals surface area contributed by atoms with Crippen LogP contribution in [0.25, 0.3) is 0 Å².